The van der Waals surface area contributed by atoms with Crippen LogP contribution in [0.4, 0.5) is 4.79 Å². The fourth-order valence-electron chi connectivity index (χ4n) is 3.93. The molecule has 0 aromatic heterocycles. The second-order valence-electron chi connectivity index (χ2n) is 7.29. The van der Waals surface area contributed by atoms with Crippen molar-refractivity contribution < 1.29 is 14.4 Å². The second-order valence-corrected chi connectivity index (χ2v) is 7.29. The van der Waals surface area contributed by atoms with Gasteiger partial charge in [-0.1, -0.05) is 0 Å². The third-order valence-electron chi connectivity index (χ3n) is 5.16. The number of nitrogens with zero attached hydrogens (tertiary/aromatic N) is 2. The molecule has 24 heavy (non-hydrogen) atoms. The molecular weight excluding hydrogens is 332 g/mol. The maximum atomic E-state index is 12.6. The van der Waals surface area contributed by atoms with Gasteiger partial charge in [0.2, 0.25) is 5.91 Å². The van der Waals surface area contributed by atoms with Gasteiger partial charge in [0.25, 0.3) is 5.91 Å². The number of rotatable bonds is 4. The molecule has 2 N–H and O–H groups in total. The minimum Gasteiger partial charge on any atom is -0.335 e. The zero-order chi connectivity index (χ0) is 16.6. The molecule has 136 valence electrons. The Morgan fingerprint density at radius 1 is 1.21 bits per heavy atom. The van der Waals surface area contributed by atoms with Crippen LogP contribution in [0.2, 0.25) is 0 Å². The minimum atomic E-state index is -0.837. The summed E-state index contributed by atoms with van der Waals surface area (Å²) in [5, 5.41) is 6.05. The SMILES string of the molecule is CC1(C)NC(=O)N(CCCC(=O)N2C3CCNCC2CC3)C1=O.Cl. The van der Waals surface area contributed by atoms with Gasteiger partial charge in [-0.25, -0.2) is 4.79 Å². The van der Waals surface area contributed by atoms with Crippen LogP contribution in [-0.2, 0) is 9.59 Å². The summed E-state index contributed by atoms with van der Waals surface area (Å²) in [5.74, 6) is -0.0542. The number of hydrogen-bond donors (Lipinski definition) is 2. The topological polar surface area (TPSA) is 81.8 Å². The lowest BCUT2D eigenvalue weighted by atomic mass is 10.1. The molecule has 0 saturated carbocycles. The highest BCUT2D eigenvalue weighted by molar-refractivity contribution is 6.06. The molecule has 0 aliphatic carbocycles. The lowest BCUT2D eigenvalue weighted by molar-refractivity contribution is -0.135. The fraction of sp³-hybridized carbons (Fsp3) is 0.812. The van der Waals surface area contributed by atoms with Gasteiger partial charge in [0.15, 0.2) is 0 Å². The number of halogens is 1. The van der Waals surface area contributed by atoms with Gasteiger partial charge < -0.3 is 15.5 Å². The molecule has 4 amide bonds. The number of carbonyl (C=O) groups is 3. The van der Waals surface area contributed by atoms with Gasteiger partial charge >= 0.3 is 6.03 Å². The summed E-state index contributed by atoms with van der Waals surface area (Å²) in [4.78, 5) is 39.8. The molecule has 8 heteroatoms. The largest absolute Gasteiger partial charge is 0.335 e. The Morgan fingerprint density at radius 2 is 1.92 bits per heavy atom. The Bertz CT molecular complexity index is 511. The van der Waals surface area contributed by atoms with E-state index < -0.39 is 5.54 Å². The number of carbonyl (C=O) groups excluding carboxylic acids is 3. The fourth-order valence-corrected chi connectivity index (χ4v) is 3.93. The van der Waals surface area contributed by atoms with Crippen LogP contribution >= 0.6 is 12.4 Å². The zero-order valence-electron chi connectivity index (χ0n) is 14.3. The van der Waals surface area contributed by atoms with Crippen LogP contribution in [0.1, 0.15) is 46.0 Å². The van der Waals surface area contributed by atoms with Gasteiger partial charge in [0.1, 0.15) is 5.54 Å². The highest BCUT2D eigenvalue weighted by Gasteiger charge is 2.44. The van der Waals surface area contributed by atoms with E-state index in [1.807, 2.05) is 0 Å². The first-order chi connectivity index (χ1) is 10.9. The van der Waals surface area contributed by atoms with Crippen molar-refractivity contribution in [3.8, 4) is 0 Å². The van der Waals surface area contributed by atoms with Crippen LogP contribution in [-0.4, -0.2) is 64.9 Å². The van der Waals surface area contributed by atoms with Gasteiger partial charge in [-0.05, 0) is 46.1 Å². The number of fused-ring (bicyclic) bond motifs is 2. The van der Waals surface area contributed by atoms with Crippen LogP contribution in [0, 0.1) is 0 Å². The molecular formula is C16H27ClN4O3. The van der Waals surface area contributed by atoms with Crippen LogP contribution < -0.4 is 10.6 Å². The Kier molecular flexibility index (Phi) is 5.75. The molecule has 3 aliphatic heterocycles. The van der Waals surface area contributed by atoms with Crippen molar-refractivity contribution in [1.29, 1.82) is 0 Å². The van der Waals surface area contributed by atoms with Crippen molar-refractivity contribution in [2.75, 3.05) is 19.6 Å². The second kappa shape index (κ2) is 7.27. The first-order valence-corrected chi connectivity index (χ1v) is 8.56. The first-order valence-electron chi connectivity index (χ1n) is 8.56. The Balaban J connectivity index is 0.00000208. The maximum absolute atomic E-state index is 12.6. The van der Waals surface area contributed by atoms with Crippen LogP contribution in [0.15, 0.2) is 0 Å². The predicted molar refractivity (Wildman–Crippen MR) is 91.9 cm³/mol. The molecule has 2 unspecified atom stereocenters. The van der Waals surface area contributed by atoms with Gasteiger partial charge in [0, 0.05) is 31.6 Å². The summed E-state index contributed by atoms with van der Waals surface area (Å²) in [6.07, 6.45) is 4.11. The maximum Gasteiger partial charge on any atom is 0.325 e. The molecule has 0 aromatic carbocycles. The molecule has 7 nitrogen and oxygen atoms in total. The monoisotopic (exact) mass is 358 g/mol. The molecule has 3 fully saturated rings. The molecule has 0 aromatic rings. The van der Waals surface area contributed by atoms with Crippen molar-refractivity contribution in [3.63, 3.8) is 0 Å². The molecule has 2 bridgehead atoms. The summed E-state index contributed by atoms with van der Waals surface area (Å²) in [5.41, 5.74) is -0.837. The van der Waals surface area contributed by atoms with Crippen molar-refractivity contribution in [2.24, 2.45) is 0 Å². The lowest BCUT2D eigenvalue weighted by Gasteiger charge is -2.28. The van der Waals surface area contributed by atoms with E-state index in [9.17, 15) is 14.4 Å². The summed E-state index contributed by atoms with van der Waals surface area (Å²) in [6, 6.07) is 0.315. The average Bonchev–Trinajstić information content (AvgIpc) is 2.84. The number of imide groups is 1. The van der Waals surface area contributed by atoms with Crippen molar-refractivity contribution >= 4 is 30.3 Å². The van der Waals surface area contributed by atoms with Crippen LogP contribution in [0.25, 0.3) is 0 Å². The van der Waals surface area contributed by atoms with Gasteiger partial charge in [-0.15, -0.1) is 12.4 Å². The molecule has 3 aliphatic rings. The van der Waals surface area contributed by atoms with Gasteiger partial charge in [-0.3, -0.25) is 14.5 Å². The third kappa shape index (κ3) is 3.52. The van der Waals surface area contributed by atoms with E-state index in [0.29, 0.717) is 31.5 Å². The smallest absolute Gasteiger partial charge is 0.325 e. The predicted octanol–water partition coefficient (Wildman–Crippen LogP) is 0.872. The Labute approximate surface area is 148 Å². The van der Waals surface area contributed by atoms with E-state index in [1.54, 1.807) is 13.8 Å². The lowest BCUT2D eigenvalue weighted by Crippen LogP contribution is -2.43. The number of hydrogen-bond acceptors (Lipinski definition) is 4. The van der Waals surface area contributed by atoms with Crippen molar-refractivity contribution in [3.05, 3.63) is 0 Å². The Hall–Kier alpha value is -1.34. The van der Waals surface area contributed by atoms with Gasteiger partial charge in [-0.2, -0.15) is 0 Å². The Morgan fingerprint density at radius 3 is 2.58 bits per heavy atom. The van der Waals surface area contributed by atoms with Gasteiger partial charge in [0.05, 0.1) is 0 Å². The zero-order valence-corrected chi connectivity index (χ0v) is 15.2. The summed E-state index contributed by atoms with van der Waals surface area (Å²) in [7, 11) is 0. The standard InChI is InChI=1S/C16H26N4O3.ClH/c1-16(2)14(22)19(15(23)18-16)9-3-4-13(21)20-11-5-6-12(20)10-17-8-7-11;/h11-12,17H,3-10H2,1-2H3,(H,18,23);1H. The molecule has 2 atom stereocenters. The van der Waals surface area contributed by atoms with E-state index >= 15 is 0 Å². The normalized spacial score (nSPS) is 28.4. The summed E-state index contributed by atoms with van der Waals surface area (Å²) in [6.45, 7) is 5.55. The van der Waals surface area contributed by atoms with E-state index in [-0.39, 0.29) is 30.3 Å². The molecule has 0 spiro atoms. The van der Waals surface area contributed by atoms with Crippen LogP contribution in [0.5, 0.6) is 0 Å². The average molecular weight is 359 g/mol. The van der Waals surface area contributed by atoms with Crippen LogP contribution in [0.3, 0.4) is 0 Å². The highest BCUT2D eigenvalue weighted by Crippen LogP contribution is 2.28. The molecule has 3 rings (SSSR count). The number of amides is 4. The van der Waals surface area contributed by atoms with E-state index in [1.165, 1.54) is 4.90 Å². The van der Waals surface area contributed by atoms with Crippen molar-refractivity contribution in [1.82, 2.24) is 20.4 Å². The molecule has 3 heterocycles. The van der Waals surface area contributed by atoms with Crippen molar-refractivity contribution in [2.45, 2.75) is 63.6 Å². The van der Waals surface area contributed by atoms with E-state index in [4.69, 9.17) is 0 Å². The highest BCUT2D eigenvalue weighted by atomic mass is 35.5. The third-order valence-corrected chi connectivity index (χ3v) is 5.16. The first kappa shape index (κ1) is 19.0. The minimum absolute atomic E-state index is 0. The summed E-state index contributed by atoms with van der Waals surface area (Å²) >= 11 is 0. The molecule has 0 radical (unpaired) electrons. The number of urea groups is 1. The van der Waals surface area contributed by atoms with E-state index in [0.717, 1.165) is 32.4 Å². The van der Waals surface area contributed by atoms with E-state index in [2.05, 4.69) is 15.5 Å². The number of nitrogens with one attached hydrogen (secondary N) is 2. The quantitative estimate of drug-likeness (QED) is 0.731. The molecule has 3 saturated heterocycles. The summed E-state index contributed by atoms with van der Waals surface area (Å²) < 4.78 is 0.